The van der Waals surface area contributed by atoms with Crippen LogP contribution in [0.2, 0.25) is 10.0 Å². The van der Waals surface area contributed by atoms with Gasteiger partial charge in [0.1, 0.15) is 5.69 Å². The number of halogens is 4. The van der Waals surface area contributed by atoms with Gasteiger partial charge in [-0.05, 0) is 36.4 Å². The Balaban J connectivity index is 2.14. The number of aromatic nitrogens is 1. The van der Waals surface area contributed by atoms with E-state index in [9.17, 15) is 13.9 Å². The van der Waals surface area contributed by atoms with E-state index in [0.29, 0.717) is 26.9 Å². The van der Waals surface area contributed by atoms with Crippen LogP contribution in [0.3, 0.4) is 0 Å². The first-order valence-electron chi connectivity index (χ1n) is 6.51. The smallest absolute Gasteiger partial charge is 0.173 e. The minimum absolute atomic E-state index is 0.150. The summed E-state index contributed by atoms with van der Waals surface area (Å²) in [6, 6.07) is 8.07. The Morgan fingerprint density at radius 2 is 1.65 bits per heavy atom. The van der Waals surface area contributed by atoms with E-state index in [2.05, 4.69) is 5.16 Å². The van der Waals surface area contributed by atoms with Crippen LogP contribution in [0.15, 0.2) is 40.9 Å². The maximum atomic E-state index is 13.4. The summed E-state index contributed by atoms with van der Waals surface area (Å²) in [6.07, 6.45) is 0. The van der Waals surface area contributed by atoms with Crippen LogP contribution in [0, 0.1) is 11.6 Å². The molecule has 0 atom stereocenters. The molecule has 0 saturated carbocycles. The highest BCUT2D eigenvalue weighted by Gasteiger charge is 2.20. The van der Waals surface area contributed by atoms with Gasteiger partial charge in [-0.2, -0.15) is 0 Å². The van der Waals surface area contributed by atoms with Gasteiger partial charge in [-0.3, -0.25) is 0 Å². The molecule has 0 amide bonds. The molecule has 0 spiro atoms. The van der Waals surface area contributed by atoms with Gasteiger partial charge in [0.05, 0.1) is 12.2 Å². The molecule has 23 heavy (non-hydrogen) atoms. The van der Waals surface area contributed by atoms with Crippen molar-refractivity contribution >= 4 is 23.2 Å². The number of aliphatic hydroxyl groups is 1. The Morgan fingerprint density at radius 3 is 2.26 bits per heavy atom. The van der Waals surface area contributed by atoms with Crippen molar-refractivity contribution in [1.82, 2.24) is 5.16 Å². The van der Waals surface area contributed by atoms with Crippen LogP contribution >= 0.6 is 23.2 Å². The van der Waals surface area contributed by atoms with Crippen molar-refractivity contribution in [3.05, 3.63) is 63.6 Å². The average molecular weight is 356 g/mol. The summed E-state index contributed by atoms with van der Waals surface area (Å²) in [7, 11) is 0. The van der Waals surface area contributed by atoms with E-state index in [1.54, 1.807) is 18.2 Å². The molecule has 0 bridgehead atoms. The van der Waals surface area contributed by atoms with E-state index in [4.69, 9.17) is 27.7 Å². The van der Waals surface area contributed by atoms with E-state index in [0.717, 1.165) is 12.1 Å². The molecule has 3 nitrogen and oxygen atoms in total. The zero-order valence-corrected chi connectivity index (χ0v) is 13.0. The van der Waals surface area contributed by atoms with Crippen LogP contribution in [0.1, 0.15) is 5.56 Å². The van der Waals surface area contributed by atoms with Crippen LogP contribution in [0.5, 0.6) is 0 Å². The standard InChI is InChI=1S/C16H9Cl2F2NO2/c17-10-3-9(4-11(18)6-10)15-12(7-22)16(23-21-15)8-1-2-13(19)14(20)5-8/h1-6,22H,7H2. The third kappa shape index (κ3) is 3.08. The van der Waals surface area contributed by atoms with E-state index in [1.807, 2.05) is 0 Å². The highest BCUT2D eigenvalue weighted by atomic mass is 35.5. The summed E-state index contributed by atoms with van der Waals surface area (Å²) in [5.74, 6) is -1.84. The third-order valence-corrected chi connectivity index (χ3v) is 3.70. The molecule has 3 rings (SSSR count). The second-order valence-electron chi connectivity index (χ2n) is 4.78. The summed E-state index contributed by atoms with van der Waals surface area (Å²) < 4.78 is 31.7. The lowest BCUT2D eigenvalue weighted by Crippen LogP contribution is -1.91. The van der Waals surface area contributed by atoms with Crippen molar-refractivity contribution in [3.63, 3.8) is 0 Å². The van der Waals surface area contributed by atoms with E-state index in [1.165, 1.54) is 6.07 Å². The van der Waals surface area contributed by atoms with Crippen molar-refractivity contribution in [2.45, 2.75) is 6.61 Å². The molecule has 1 aromatic heterocycles. The lowest BCUT2D eigenvalue weighted by Gasteiger charge is -2.03. The second-order valence-corrected chi connectivity index (χ2v) is 5.66. The molecule has 0 radical (unpaired) electrons. The zero-order chi connectivity index (χ0) is 16.6. The van der Waals surface area contributed by atoms with Gasteiger partial charge in [0.25, 0.3) is 0 Å². The largest absolute Gasteiger partial charge is 0.391 e. The second kappa shape index (κ2) is 6.28. The van der Waals surface area contributed by atoms with Crippen LogP contribution in [-0.4, -0.2) is 10.3 Å². The van der Waals surface area contributed by atoms with Crippen LogP contribution < -0.4 is 0 Å². The molecular formula is C16H9Cl2F2NO2. The van der Waals surface area contributed by atoms with Crippen molar-refractivity contribution in [2.24, 2.45) is 0 Å². The van der Waals surface area contributed by atoms with Crippen molar-refractivity contribution in [3.8, 4) is 22.6 Å². The number of rotatable bonds is 3. The summed E-state index contributed by atoms with van der Waals surface area (Å²) in [6.45, 7) is -0.405. The first kappa shape index (κ1) is 15.9. The van der Waals surface area contributed by atoms with E-state index >= 15 is 0 Å². The Kier molecular flexibility index (Phi) is 4.35. The molecule has 0 saturated heterocycles. The van der Waals surface area contributed by atoms with Crippen molar-refractivity contribution < 1.29 is 18.4 Å². The topological polar surface area (TPSA) is 46.3 Å². The predicted molar refractivity (Wildman–Crippen MR) is 83.2 cm³/mol. The maximum absolute atomic E-state index is 13.4. The molecule has 3 aromatic rings. The normalized spacial score (nSPS) is 11.0. The molecule has 0 unspecified atom stereocenters. The molecule has 0 aliphatic rings. The summed E-state index contributed by atoms with van der Waals surface area (Å²) >= 11 is 11.9. The van der Waals surface area contributed by atoms with Gasteiger partial charge in [0, 0.05) is 21.2 Å². The van der Waals surface area contributed by atoms with Gasteiger partial charge >= 0.3 is 0 Å². The molecule has 0 aliphatic heterocycles. The van der Waals surface area contributed by atoms with Crippen molar-refractivity contribution in [1.29, 1.82) is 0 Å². The fraction of sp³-hybridized carbons (Fsp3) is 0.0625. The molecule has 7 heteroatoms. The first-order chi connectivity index (χ1) is 11.0. The third-order valence-electron chi connectivity index (χ3n) is 3.26. The zero-order valence-electron chi connectivity index (χ0n) is 11.5. The van der Waals surface area contributed by atoms with Gasteiger partial charge < -0.3 is 9.63 Å². The minimum Gasteiger partial charge on any atom is -0.391 e. The van der Waals surface area contributed by atoms with Gasteiger partial charge in [-0.25, -0.2) is 8.78 Å². The number of nitrogens with zero attached hydrogens (tertiary/aromatic N) is 1. The average Bonchev–Trinajstić information content (AvgIpc) is 2.93. The minimum atomic E-state index is -1.02. The maximum Gasteiger partial charge on any atom is 0.173 e. The summed E-state index contributed by atoms with van der Waals surface area (Å²) in [4.78, 5) is 0. The molecule has 118 valence electrons. The summed E-state index contributed by atoms with van der Waals surface area (Å²) in [5, 5.41) is 14.3. The quantitative estimate of drug-likeness (QED) is 0.711. The lowest BCUT2D eigenvalue weighted by molar-refractivity contribution is 0.281. The van der Waals surface area contributed by atoms with Crippen LogP contribution in [0.4, 0.5) is 8.78 Å². The van der Waals surface area contributed by atoms with E-state index in [-0.39, 0.29) is 11.3 Å². The Labute approximate surface area is 140 Å². The number of hydrogen-bond donors (Lipinski definition) is 1. The Hall–Kier alpha value is -1.95. The molecule has 1 heterocycles. The predicted octanol–water partition coefficient (Wildman–Crippen LogP) is 5.09. The highest BCUT2D eigenvalue weighted by molar-refractivity contribution is 6.35. The summed E-state index contributed by atoms with van der Waals surface area (Å²) in [5.41, 5.74) is 1.47. The highest BCUT2D eigenvalue weighted by Crippen LogP contribution is 2.35. The van der Waals surface area contributed by atoms with Crippen LogP contribution in [0.25, 0.3) is 22.6 Å². The van der Waals surface area contributed by atoms with Crippen LogP contribution in [-0.2, 0) is 6.61 Å². The molecule has 0 aliphatic carbocycles. The van der Waals surface area contributed by atoms with E-state index < -0.39 is 18.2 Å². The number of aliphatic hydroxyl groups excluding tert-OH is 1. The Bertz CT molecular complexity index is 860. The van der Waals surface area contributed by atoms with Gasteiger partial charge in [-0.15, -0.1) is 0 Å². The molecular weight excluding hydrogens is 347 g/mol. The monoisotopic (exact) mass is 355 g/mol. The lowest BCUT2D eigenvalue weighted by atomic mass is 10.0. The first-order valence-corrected chi connectivity index (χ1v) is 7.26. The van der Waals surface area contributed by atoms with Gasteiger partial charge in [-0.1, -0.05) is 28.4 Å². The molecule has 0 fully saturated rings. The fourth-order valence-corrected chi connectivity index (χ4v) is 2.76. The SMILES string of the molecule is OCc1c(-c2cc(Cl)cc(Cl)c2)noc1-c1ccc(F)c(F)c1. The molecule has 1 N–H and O–H groups in total. The Morgan fingerprint density at radius 1 is 0.957 bits per heavy atom. The van der Waals surface area contributed by atoms with Crippen molar-refractivity contribution in [2.75, 3.05) is 0 Å². The number of benzene rings is 2. The van der Waals surface area contributed by atoms with Gasteiger partial charge in [0.2, 0.25) is 0 Å². The fourth-order valence-electron chi connectivity index (χ4n) is 2.24. The van der Waals surface area contributed by atoms with Gasteiger partial charge in [0.15, 0.2) is 17.4 Å². The number of hydrogen-bond acceptors (Lipinski definition) is 3. The molecule has 2 aromatic carbocycles.